The minimum Gasteiger partial charge on any atom is -0.421 e. The van der Waals surface area contributed by atoms with Gasteiger partial charge < -0.3 is 19.6 Å². The van der Waals surface area contributed by atoms with E-state index in [9.17, 15) is 9.46 Å². The summed E-state index contributed by atoms with van der Waals surface area (Å²) >= 11 is 0. The lowest BCUT2D eigenvalue weighted by atomic mass is 10.1. The summed E-state index contributed by atoms with van der Waals surface area (Å²) in [5.41, 5.74) is -1.68. The van der Waals surface area contributed by atoms with Gasteiger partial charge in [-0.3, -0.25) is 0 Å². The third-order valence-corrected chi connectivity index (χ3v) is 3.76. The van der Waals surface area contributed by atoms with E-state index in [4.69, 9.17) is 14.7 Å². The highest BCUT2D eigenvalue weighted by atomic mass is 31.2. The smallest absolute Gasteiger partial charge is 0.421 e. The summed E-state index contributed by atoms with van der Waals surface area (Å²) in [5, 5.41) is 18.1. The van der Waals surface area contributed by atoms with Crippen molar-refractivity contribution >= 4 is 7.60 Å². The van der Waals surface area contributed by atoms with E-state index < -0.39 is 13.1 Å². The summed E-state index contributed by atoms with van der Waals surface area (Å²) < 4.78 is 16.2. The molecule has 5 nitrogen and oxygen atoms in total. The molecule has 0 aliphatic heterocycles. The molecule has 17 heavy (non-hydrogen) atoms. The van der Waals surface area contributed by atoms with E-state index in [1.54, 1.807) is 12.1 Å². The first kappa shape index (κ1) is 14.2. The van der Waals surface area contributed by atoms with Crippen LogP contribution in [0.25, 0.3) is 0 Å². The summed E-state index contributed by atoms with van der Waals surface area (Å²) in [7, 11) is -4.52. The van der Waals surface area contributed by atoms with Crippen LogP contribution in [-0.2, 0) is 11.0 Å². The van der Waals surface area contributed by atoms with Crippen LogP contribution < -0.4 is 4.52 Å². The van der Waals surface area contributed by atoms with E-state index in [0.717, 1.165) is 25.3 Å². The fourth-order valence-corrected chi connectivity index (χ4v) is 1.82. The third kappa shape index (κ3) is 3.82. The van der Waals surface area contributed by atoms with Crippen LogP contribution in [0.15, 0.2) is 24.3 Å². The lowest BCUT2D eigenvalue weighted by Crippen LogP contribution is -2.25. The zero-order valence-corrected chi connectivity index (χ0v) is 10.7. The molecule has 1 unspecified atom stereocenters. The van der Waals surface area contributed by atoms with Crippen LogP contribution in [-0.4, -0.2) is 20.6 Å². The third-order valence-electron chi connectivity index (χ3n) is 2.23. The van der Waals surface area contributed by atoms with Gasteiger partial charge >= 0.3 is 7.60 Å². The molecule has 0 bridgehead atoms. The van der Waals surface area contributed by atoms with E-state index in [0.29, 0.717) is 0 Å². The molecule has 1 aromatic rings. The predicted molar refractivity (Wildman–Crippen MR) is 63.7 cm³/mol. The molecule has 1 rings (SSSR count). The van der Waals surface area contributed by atoms with Gasteiger partial charge in [0.15, 0.2) is 0 Å². The van der Waals surface area contributed by atoms with E-state index in [-0.39, 0.29) is 5.75 Å². The Labute approximate surface area is 100 Å². The number of hydrogen-bond donors (Lipinski definition) is 3. The van der Waals surface area contributed by atoms with Crippen LogP contribution in [0.4, 0.5) is 0 Å². The normalized spacial score (nSPS) is 15.4. The SMILES string of the molecule is CCCc1ccc(OP(=O)(O)C(C)(O)O)cc1. The van der Waals surface area contributed by atoms with Gasteiger partial charge in [-0.1, -0.05) is 25.5 Å². The number of hydrogen-bond acceptors (Lipinski definition) is 4. The molecule has 0 saturated heterocycles. The standard InChI is InChI=1S/C11H17O5P/c1-3-4-9-5-7-10(8-6-9)16-17(14,15)11(2,12)13/h5-8,12-13H,3-4H2,1-2H3,(H,14,15). The molecule has 0 radical (unpaired) electrons. The Kier molecular flexibility index (Phi) is 4.33. The number of rotatable bonds is 5. The van der Waals surface area contributed by atoms with E-state index in [2.05, 4.69) is 6.92 Å². The molecule has 0 aromatic heterocycles. The summed E-state index contributed by atoms with van der Waals surface area (Å²) in [6.45, 7) is 2.86. The van der Waals surface area contributed by atoms with Gasteiger partial charge in [0, 0.05) is 6.92 Å². The summed E-state index contributed by atoms with van der Waals surface area (Å²) in [5.74, 6) is 0.130. The highest BCUT2D eigenvalue weighted by molar-refractivity contribution is 7.54. The zero-order valence-electron chi connectivity index (χ0n) is 9.83. The maximum absolute atomic E-state index is 11.4. The van der Waals surface area contributed by atoms with Crippen LogP contribution in [0.3, 0.4) is 0 Å². The van der Waals surface area contributed by atoms with Gasteiger partial charge in [-0.25, -0.2) is 4.57 Å². The monoisotopic (exact) mass is 260 g/mol. The topological polar surface area (TPSA) is 87.0 Å². The highest BCUT2D eigenvalue weighted by Crippen LogP contribution is 2.51. The largest absolute Gasteiger partial charge is 0.435 e. The molecule has 0 saturated carbocycles. The van der Waals surface area contributed by atoms with Crippen molar-refractivity contribution in [3.63, 3.8) is 0 Å². The maximum atomic E-state index is 11.4. The molecule has 0 aliphatic carbocycles. The molecule has 0 spiro atoms. The number of aryl methyl sites for hydroxylation is 1. The van der Waals surface area contributed by atoms with Gasteiger partial charge in [0.25, 0.3) is 5.53 Å². The van der Waals surface area contributed by atoms with Crippen LogP contribution in [0, 0.1) is 0 Å². The Balaban J connectivity index is 2.79. The van der Waals surface area contributed by atoms with E-state index in [1.165, 1.54) is 12.1 Å². The van der Waals surface area contributed by atoms with Crippen molar-refractivity contribution in [1.29, 1.82) is 0 Å². The Bertz CT molecular complexity index is 407. The number of benzene rings is 1. The van der Waals surface area contributed by atoms with Crippen molar-refractivity contribution in [3.05, 3.63) is 29.8 Å². The van der Waals surface area contributed by atoms with Crippen molar-refractivity contribution in [2.75, 3.05) is 0 Å². The first-order valence-corrected chi connectivity index (χ1v) is 6.90. The molecule has 6 heteroatoms. The van der Waals surface area contributed by atoms with E-state index in [1.807, 2.05) is 0 Å². The molecule has 0 aliphatic rings. The van der Waals surface area contributed by atoms with Crippen molar-refractivity contribution < 1.29 is 24.2 Å². The van der Waals surface area contributed by atoms with Gasteiger partial charge in [-0.05, 0) is 24.1 Å². The molecular weight excluding hydrogens is 243 g/mol. The lowest BCUT2D eigenvalue weighted by Gasteiger charge is -2.22. The van der Waals surface area contributed by atoms with Crippen LogP contribution in [0.5, 0.6) is 5.75 Å². The number of aliphatic hydroxyl groups is 2. The van der Waals surface area contributed by atoms with Gasteiger partial charge in [-0.15, -0.1) is 0 Å². The van der Waals surface area contributed by atoms with Gasteiger partial charge in [-0.2, -0.15) is 0 Å². The molecule has 3 N–H and O–H groups in total. The van der Waals surface area contributed by atoms with Crippen molar-refractivity contribution in [1.82, 2.24) is 0 Å². The molecule has 0 amide bonds. The minimum atomic E-state index is -4.52. The zero-order chi connectivity index (χ0) is 13.1. The van der Waals surface area contributed by atoms with E-state index >= 15 is 0 Å². The van der Waals surface area contributed by atoms with Gasteiger partial charge in [0.2, 0.25) is 0 Å². The predicted octanol–water partition coefficient (Wildman–Crippen LogP) is 1.86. The fourth-order valence-electron chi connectivity index (χ4n) is 1.24. The molecule has 96 valence electrons. The average Bonchev–Trinajstić information content (AvgIpc) is 2.19. The van der Waals surface area contributed by atoms with Crippen molar-refractivity contribution in [2.24, 2.45) is 0 Å². The van der Waals surface area contributed by atoms with Gasteiger partial charge in [0.05, 0.1) is 0 Å². The van der Waals surface area contributed by atoms with Crippen molar-refractivity contribution in [3.8, 4) is 5.75 Å². The second kappa shape index (κ2) is 5.19. The van der Waals surface area contributed by atoms with Crippen LogP contribution >= 0.6 is 7.60 Å². The Morgan fingerprint density at radius 3 is 2.24 bits per heavy atom. The van der Waals surface area contributed by atoms with Crippen LogP contribution in [0.2, 0.25) is 0 Å². The summed E-state index contributed by atoms with van der Waals surface area (Å²) in [6.07, 6.45) is 1.92. The van der Waals surface area contributed by atoms with Gasteiger partial charge in [0.1, 0.15) is 5.75 Å². The molecule has 1 aromatic carbocycles. The first-order valence-electron chi connectivity index (χ1n) is 5.32. The Morgan fingerprint density at radius 1 is 1.29 bits per heavy atom. The fraction of sp³-hybridized carbons (Fsp3) is 0.455. The Hall–Kier alpha value is -0.870. The molecule has 0 heterocycles. The molecule has 1 atom stereocenters. The van der Waals surface area contributed by atoms with Crippen molar-refractivity contribution in [2.45, 2.75) is 32.2 Å². The quantitative estimate of drug-likeness (QED) is 0.555. The van der Waals surface area contributed by atoms with Crippen LogP contribution in [0.1, 0.15) is 25.8 Å². The minimum absolute atomic E-state index is 0.130. The molecule has 0 fully saturated rings. The summed E-state index contributed by atoms with van der Waals surface area (Å²) in [4.78, 5) is 9.31. The second-order valence-electron chi connectivity index (χ2n) is 3.98. The Morgan fingerprint density at radius 2 is 1.82 bits per heavy atom. The average molecular weight is 260 g/mol. The summed E-state index contributed by atoms with van der Waals surface area (Å²) in [6, 6.07) is 6.59. The first-order chi connectivity index (χ1) is 7.76. The second-order valence-corrected chi connectivity index (χ2v) is 6.05. The maximum Gasteiger partial charge on any atom is 0.435 e. The lowest BCUT2D eigenvalue weighted by molar-refractivity contribution is -0.0859. The molecular formula is C11H17O5P. The highest BCUT2D eigenvalue weighted by Gasteiger charge is 2.43.